The molecule has 0 aliphatic heterocycles. The number of hydrogen-bond donors (Lipinski definition) is 0. The summed E-state index contributed by atoms with van der Waals surface area (Å²) >= 11 is 0. The molecule has 0 aliphatic rings. The van der Waals surface area contributed by atoms with Gasteiger partial charge in [-0.1, -0.05) is 20.8 Å². The van der Waals surface area contributed by atoms with Crippen LogP contribution in [0, 0.1) is 11.3 Å². The topological polar surface area (TPSA) is 43.4 Å². The van der Waals surface area contributed by atoms with Gasteiger partial charge in [0.1, 0.15) is 5.78 Å². The molecule has 3 nitrogen and oxygen atoms in total. The lowest BCUT2D eigenvalue weighted by Crippen LogP contribution is -2.22. The number of Topliss-reactive ketones (excluding diaryl/α,β-unsaturated/α-hetero) is 1. The Morgan fingerprint density at radius 1 is 1.33 bits per heavy atom. The first-order valence-electron chi connectivity index (χ1n) is 5.36. The zero-order valence-corrected chi connectivity index (χ0v) is 10.4. The van der Waals surface area contributed by atoms with Crippen molar-refractivity contribution < 1.29 is 14.3 Å². The van der Waals surface area contributed by atoms with Crippen LogP contribution in [-0.4, -0.2) is 18.9 Å². The van der Waals surface area contributed by atoms with E-state index in [2.05, 4.69) is 18.6 Å². The largest absolute Gasteiger partial charge is 0.469 e. The highest BCUT2D eigenvalue weighted by Gasteiger charge is 2.25. The molecule has 0 saturated carbocycles. The minimum absolute atomic E-state index is 0.0132. The van der Waals surface area contributed by atoms with E-state index in [0.717, 1.165) is 12.8 Å². The maximum absolute atomic E-state index is 11.2. The zero-order chi connectivity index (χ0) is 12.1. The summed E-state index contributed by atoms with van der Waals surface area (Å²) in [5.41, 5.74) is 0.0132. The van der Waals surface area contributed by atoms with Crippen LogP contribution in [0.4, 0.5) is 0 Å². The lowest BCUT2D eigenvalue weighted by Gasteiger charge is -2.26. The predicted octanol–water partition coefficient (Wildman–Crippen LogP) is 2.58. The molecule has 0 spiro atoms. The second-order valence-electron chi connectivity index (χ2n) is 4.99. The molecule has 0 saturated heterocycles. The van der Waals surface area contributed by atoms with Gasteiger partial charge in [-0.15, -0.1) is 0 Å². The van der Waals surface area contributed by atoms with Gasteiger partial charge in [0.2, 0.25) is 0 Å². The second-order valence-corrected chi connectivity index (χ2v) is 4.99. The Balaban J connectivity index is 4.12. The molecule has 0 rings (SSSR count). The van der Waals surface area contributed by atoms with Gasteiger partial charge in [-0.3, -0.25) is 4.79 Å². The zero-order valence-electron chi connectivity index (χ0n) is 10.4. The predicted molar refractivity (Wildman–Crippen MR) is 59.5 cm³/mol. The number of ketones is 1. The molecular weight excluding hydrogens is 192 g/mol. The Bertz CT molecular complexity index is 231. The Labute approximate surface area is 92.2 Å². The lowest BCUT2D eigenvalue weighted by atomic mass is 9.79. The molecule has 0 aromatic carbocycles. The van der Waals surface area contributed by atoms with Gasteiger partial charge in [0.05, 0.1) is 13.0 Å². The van der Waals surface area contributed by atoms with Crippen molar-refractivity contribution in [2.75, 3.05) is 7.11 Å². The van der Waals surface area contributed by atoms with E-state index in [-0.39, 0.29) is 23.1 Å². The molecule has 1 unspecified atom stereocenters. The molecule has 0 N–H and O–H groups in total. The molecule has 3 heteroatoms. The van der Waals surface area contributed by atoms with Crippen molar-refractivity contribution in [1.82, 2.24) is 0 Å². The Morgan fingerprint density at radius 2 is 1.87 bits per heavy atom. The van der Waals surface area contributed by atoms with E-state index in [4.69, 9.17) is 0 Å². The first-order chi connectivity index (χ1) is 6.78. The van der Waals surface area contributed by atoms with Crippen LogP contribution in [0.15, 0.2) is 0 Å². The van der Waals surface area contributed by atoms with Crippen LogP contribution in [-0.2, 0) is 14.3 Å². The summed E-state index contributed by atoms with van der Waals surface area (Å²) < 4.78 is 4.68. The van der Waals surface area contributed by atoms with Crippen molar-refractivity contribution in [3.05, 3.63) is 0 Å². The highest BCUT2D eigenvalue weighted by molar-refractivity contribution is 5.75. The summed E-state index contributed by atoms with van der Waals surface area (Å²) in [6.45, 7) is 7.62. The monoisotopic (exact) mass is 214 g/mol. The number of methoxy groups -OCH3 is 1. The van der Waals surface area contributed by atoms with E-state index >= 15 is 0 Å². The number of esters is 1. The fraction of sp³-hybridized carbons (Fsp3) is 0.833. The first-order valence-corrected chi connectivity index (χ1v) is 5.36. The summed E-state index contributed by atoms with van der Waals surface area (Å²) in [6, 6.07) is 0. The normalized spacial score (nSPS) is 13.4. The quantitative estimate of drug-likeness (QED) is 0.638. The minimum Gasteiger partial charge on any atom is -0.469 e. The number of rotatable bonds is 6. The molecule has 0 radical (unpaired) electrons. The first kappa shape index (κ1) is 14.1. The number of carbonyl (C=O) groups excluding carboxylic acids is 2. The number of hydrogen-bond acceptors (Lipinski definition) is 3. The van der Waals surface area contributed by atoms with Crippen LogP contribution < -0.4 is 0 Å². The van der Waals surface area contributed by atoms with Gasteiger partial charge >= 0.3 is 5.97 Å². The summed E-state index contributed by atoms with van der Waals surface area (Å²) in [5.74, 6) is -0.0725. The van der Waals surface area contributed by atoms with Gasteiger partial charge in [0.25, 0.3) is 0 Å². The van der Waals surface area contributed by atoms with Gasteiger partial charge in [-0.05, 0) is 25.2 Å². The fourth-order valence-corrected chi connectivity index (χ4v) is 1.73. The van der Waals surface area contributed by atoms with Gasteiger partial charge < -0.3 is 9.53 Å². The third-order valence-corrected chi connectivity index (χ3v) is 2.62. The van der Waals surface area contributed by atoms with E-state index in [1.807, 2.05) is 6.92 Å². The molecule has 0 aromatic rings. The Kier molecular flexibility index (Phi) is 5.55. The molecule has 88 valence electrons. The van der Waals surface area contributed by atoms with Gasteiger partial charge in [-0.25, -0.2) is 0 Å². The van der Waals surface area contributed by atoms with Crippen LogP contribution in [0.1, 0.15) is 47.0 Å². The molecule has 0 aromatic heterocycles. The molecule has 0 aliphatic carbocycles. The Hall–Kier alpha value is -0.860. The van der Waals surface area contributed by atoms with Crippen molar-refractivity contribution in [2.24, 2.45) is 11.3 Å². The van der Waals surface area contributed by atoms with Gasteiger partial charge in [-0.2, -0.15) is 0 Å². The van der Waals surface area contributed by atoms with Crippen molar-refractivity contribution in [2.45, 2.75) is 47.0 Å². The fourth-order valence-electron chi connectivity index (χ4n) is 1.73. The van der Waals surface area contributed by atoms with Crippen LogP contribution in [0.5, 0.6) is 0 Å². The maximum Gasteiger partial charge on any atom is 0.308 e. The van der Waals surface area contributed by atoms with Crippen molar-refractivity contribution in [1.29, 1.82) is 0 Å². The van der Waals surface area contributed by atoms with Crippen LogP contribution in [0.25, 0.3) is 0 Å². The van der Waals surface area contributed by atoms with Crippen LogP contribution in [0.3, 0.4) is 0 Å². The SMILES string of the molecule is COC(=O)C(C)CC(C)(C)CCC(C)=O. The second kappa shape index (κ2) is 5.89. The highest BCUT2D eigenvalue weighted by atomic mass is 16.5. The van der Waals surface area contributed by atoms with E-state index in [9.17, 15) is 9.59 Å². The summed E-state index contributed by atoms with van der Waals surface area (Å²) in [4.78, 5) is 22.1. The van der Waals surface area contributed by atoms with Gasteiger partial charge in [0, 0.05) is 6.42 Å². The van der Waals surface area contributed by atoms with Crippen LogP contribution >= 0.6 is 0 Å². The molecule has 0 heterocycles. The molecule has 0 fully saturated rings. The van der Waals surface area contributed by atoms with Gasteiger partial charge in [0.15, 0.2) is 0 Å². The van der Waals surface area contributed by atoms with E-state index in [1.54, 1.807) is 6.92 Å². The molecule has 0 bridgehead atoms. The van der Waals surface area contributed by atoms with Crippen molar-refractivity contribution in [3.8, 4) is 0 Å². The molecule has 0 amide bonds. The van der Waals surface area contributed by atoms with E-state index < -0.39 is 0 Å². The van der Waals surface area contributed by atoms with Crippen molar-refractivity contribution in [3.63, 3.8) is 0 Å². The van der Waals surface area contributed by atoms with Crippen molar-refractivity contribution >= 4 is 11.8 Å². The average molecular weight is 214 g/mol. The molecular formula is C12H22O3. The average Bonchev–Trinajstić information content (AvgIpc) is 2.13. The molecule has 1 atom stereocenters. The maximum atomic E-state index is 11.2. The van der Waals surface area contributed by atoms with E-state index in [0.29, 0.717) is 6.42 Å². The minimum atomic E-state index is -0.175. The smallest absolute Gasteiger partial charge is 0.308 e. The number of carbonyl (C=O) groups is 2. The molecule has 15 heavy (non-hydrogen) atoms. The summed E-state index contributed by atoms with van der Waals surface area (Å²) in [5, 5.41) is 0. The third kappa shape index (κ3) is 6.26. The van der Waals surface area contributed by atoms with Crippen LogP contribution in [0.2, 0.25) is 0 Å². The third-order valence-electron chi connectivity index (χ3n) is 2.62. The lowest BCUT2D eigenvalue weighted by molar-refractivity contribution is -0.145. The summed E-state index contributed by atoms with van der Waals surface area (Å²) in [7, 11) is 1.40. The highest BCUT2D eigenvalue weighted by Crippen LogP contribution is 2.31. The number of ether oxygens (including phenoxy) is 1. The Morgan fingerprint density at radius 3 is 2.27 bits per heavy atom. The standard InChI is InChI=1S/C12H22O3/c1-9(11(14)15-5)8-12(3,4)7-6-10(2)13/h9H,6-8H2,1-5H3. The van der Waals surface area contributed by atoms with E-state index in [1.165, 1.54) is 7.11 Å². The summed E-state index contributed by atoms with van der Waals surface area (Å²) in [6.07, 6.45) is 2.16.